The molecule has 0 fully saturated rings. The molecule has 0 amide bonds. The van der Waals surface area contributed by atoms with E-state index in [0.29, 0.717) is 5.92 Å². The van der Waals surface area contributed by atoms with Gasteiger partial charge in [0, 0.05) is 11.3 Å². The van der Waals surface area contributed by atoms with Crippen molar-refractivity contribution in [3.05, 3.63) is 22.2 Å². The number of hydrogen-bond donors (Lipinski definition) is 0. The molecule has 0 atom stereocenters. The van der Waals surface area contributed by atoms with Crippen LogP contribution in [0.25, 0.3) is 0 Å². The molecule has 0 bridgehead atoms. The highest BCUT2D eigenvalue weighted by atomic mass is 79.9. The van der Waals surface area contributed by atoms with E-state index in [1.807, 2.05) is 6.07 Å². The largest absolute Gasteiger partial charge is 0.237 e. The van der Waals surface area contributed by atoms with Gasteiger partial charge in [0.2, 0.25) is 0 Å². The molecule has 78 valence electrons. The molecular formula is C11H17BrN2. The Morgan fingerprint density at radius 2 is 1.79 bits per heavy atom. The Morgan fingerprint density at radius 1 is 1.21 bits per heavy atom. The van der Waals surface area contributed by atoms with E-state index in [2.05, 4.69) is 60.5 Å². The minimum atomic E-state index is 0.0785. The van der Waals surface area contributed by atoms with Crippen molar-refractivity contribution in [1.29, 1.82) is 0 Å². The van der Waals surface area contributed by atoms with Gasteiger partial charge in [-0.1, -0.05) is 34.6 Å². The van der Waals surface area contributed by atoms with E-state index in [0.717, 1.165) is 16.1 Å². The Kier molecular flexibility index (Phi) is 3.30. The molecule has 1 heterocycles. The maximum absolute atomic E-state index is 4.56. The van der Waals surface area contributed by atoms with E-state index < -0.39 is 0 Å². The monoisotopic (exact) mass is 256 g/mol. The van der Waals surface area contributed by atoms with Gasteiger partial charge in [-0.25, -0.2) is 9.97 Å². The van der Waals surface area contributed by atoms with E-state index in [9.17, 15) is 0 Å². The highest BCUT2D eigenvalue weighted by Crippen LogP contribution is 2.24. The highest BCUT2D eigenvalue weighted by Gasteiger charge is 2.18. The van der Waals surface area contributed by atoms with Gasteiger partial charge in [0.1, 0.15) is 10.4 Å². The Morgan fingerprint density at radius 3 is 2.21 bits per heavy atom. The Bertz CT molecular complexity index is 327. The summed E-state index contributed by atoms with van der Waals surface area (Å²) >= 11 is 3.42. The van der Waals surface area contributed by atoms with Crippen LogP contribution in [0.2, 0.25) is 0 Å². The molecule has 3 heteroatoms. The fourth-order valence-electron chi connectivity index (χ4n) is 1.08. The maximum Gasteiger partial charge on any atom is 0.132 e. The second-order valence-corrected chi connectivity index (χ2v) is 5.65. The summed E-state index contributed by atoms with van der Waals surface area (Å²) in [5, 5.41) is 0. The molecule has 0 saturated carbocycles. The molecule has 1 rings (SSSR count). The van der Waals surface area contributed by atoms with Crippen molar-refractivity contribution in [2.75, 3.05) is 0 Å². The lowest BCUT2D eigenvalue weighted by atomic mass is 9.92. The minimum absolute atomic E-state index is 0.0785. The Balaban J connectivity index is 3.21. The molecule has 0 N–H and O–H groups in total. The van der Waals surface area contributed by atoms with Crippen LogP contribution in [-0.2, 0) is 5.41 Å². The van der Waals surface area contributed by atoms with Crippen LogP contribution < -0.4 is 0 Å². The number of hydrogen-bond acceptors (Lipinski definition) is 2. The average molecular weight is 257 g/mol. The van der Waals surface area contributed by atoms with Crippen molar-refractivity contribution in [1.82, 2.24) is 9.97 Å². The first-order valence-electron chi connectivity index (χ1n) is 4.85. The molecule has 0 unspecified atom stereocenters. The molecule has 0 saturated heterocycles. The molecule has 0 aliphatic carbocycles. The van der Waals surface area contributed by atoms with Gasteiger partial charge >= 0.3 is 0 Å². The van der Waals surface area contributed by atoms with E-state index in [-0.39, 0.29) is 5.41 Å². The smallest absolute Gasteiger partial charge is 0.132 e. The van der Waals surface area contributed by atoms with Crippen molar-refractivity contribution >= 4 is 15.9 Å². The van der Waals surface area contributed by atoms with E-state index in [4.69, 9.17) is 0 Å². The van der Waals surface area contributed by atoms with Crippen LogP contribution in [0.15, 0.2) is 10.7 Å². The summed E-state index contributed by atoms with van der Waals surface area (Å²) in [6.07, 6.45) is 0. The summed E-state index contributed by atoms with van der Waals surface area (Å²) < 4.78 is 0.876. The van der Waals surface area contributed by atoms with Gasteiger partial charge in [-0.2, -0.15) is 0 Å². The number of nitrogens with zero attached hydrogens (tertiary/aromatic N) is 2. The third-order valence-electron chi connectivity index (χ3n) is 2.00. The Labute approximate surface area is 94.3 Å². The van der Waals surface area contributed by atoms with Crippen molar-refractivity contribution < 1.29 is 0 Å². The van der Waals surface area contributed by atoms with Gasteiger partial charge in [0.25, 0.3) is 0 Å². The zero-order chi connectivity index (χ0) is 10.9. The zero-order valence-corrected chi connectivity index (χ0v) is 11.0. The fourth-order valence-corrected chi connectivity index (χ4v) is 1.48. The molecule has 14 heavy (non-hydrogen) atoms. The first kappa shape index (κ1) is 11.6. The second-order valence-electron chi connectivity index (χ2n) is 4.84. The van der Waals surface area contributed by atoms with Crippen LogP contribution in [0.4, 0.5) is 0 Å². The predicted octanol–water partition coefficient (Wildman–Crippen LogP) is 3.66. The summed E-state index contributed by atoms with van der Waals surface area (Å²) in [6, 6.07) is 1.99. The average Bonchev–Trinajstić information content (AvgIpc) is 2.01. The van der Waals surface area contributed by atoms with Crippen molar-refractivity contribution in [3.8, 4) is 0 Å². The molecule has 0 spiro atoms. The first-order valence-corrected chi connectivity index (χ1v) is 5.65. The summed E-state index contributed by atoms with van der Waals surface area (Å²) in [4.78, 5) is 8.92. The van der Waals surface area contributed by atoms with Crippen LogP contribution in [0, 0.1) is 0 Å². The van der Waals surface area contributed by atoms with Gasteiger partial charge < -0.3 is 0 Å². The molecule has 1 aromatic rings. The summed E-state index contributed by atoms with van der Waals surface area (Å²) in [6.45, 7) is 10.7. The van der Waals surface area contributed by atoms with Gasteiger partial charge in [-0.05, 0) is 22.0 Å². The summed E-state index contributed by atoms with van der Waals surface area (Å²) in [7, 11) is 0. The second kappa shape index (κ2) is 3.97. The van der Waals surface area contributed by atoms with Gasteiger partial charge in [-0.15, -0.1) is 0 Å². The molecule has 0 aliphatic rings. The predicted molar refractivity (Wildman–Crippen MR) is 62.5 cm³/mol. The zero-order valence-electron chi connectivity index (χ0n) is 9.43. The number of aromatic nitrogens is 2. The minimum Gasteiger partial charge on any atom is -0.237 e. The normalized spacial score (nSPS) is 12.2. The van der Waals surface area contributed by atoms with E-state index in [1.54, 1.807) is 0 Å². The SMILES string of the molecule is CC(C)c1nc(Br)cc(C(C)(C)C)n1. The van der Waals surface area contributed by atoms with E-state index >= 15 is 0 Å². The molecule has 0 aromatic carbocycles. The van der Waals surface area contributed by atoms with Crippen molar-refractivity contribution in [2.24, 2.45) is 0 Å². The lowest BCUT2D eigenvalue weighted by Gasteiger charge is -2.19. The van der Waals surface area contributed by atoms with Crippen LogP contribution in [0.3, 0.4) is 0 Å². The standard InChI is InChI=1S/C11H17BrN2/c1-7(2)10-13-8(11(3,4)5)6-9(12)14-10/h6-7H,1-5H3. The highest BCUT2D eigenvalue weighted by molar-refractivity contribution is 9.10. The molecule has 0 radical (unpaired) electrons. The quantitative estimate of drug-likeness (QED) is 0.717. The number of halogens is 1. The van der Waals surface area contributed by atoms with Gasteiger partial charge in [0.05, 0.1) is 5.69 Å². The van der Waals surface area contributed by atoms with Gasteiger partial charge in [0.15, 0.2) is 0 Å². The molecule has 2 nitrogen and oxygen atoms in total. The van der Waals surface area contributed by atoms with E-state index in [1.165, 1.54) is 0 Å². The molecule has 1 aromatic heterocycles. The number of rotatable bonds is 1. The summed E-state index contributed by atoms with van der Waals surface area (Å²) in [5.74, 6) is 1.28. The topological polar surface area (TPSA) is 25.8 Å². The molecular weight excluding hydrogens is 240 g/mol. The first-order chi connectivity index (χ1) is 6.30. The lowest BCUT2D eigenvalue weighted by molar-refractivity contribution is 0.557. The van der Waals surface area contributed by atoms with Crippen molar-refractivity contribution in [3.63, 3.8) is 0 Å². The maximum atomic E-state index is 4.56. The van der Waals surface area contributed by atoms with Crippen molar-refractivity contribution in [2.45, 2.75) is 46.0 Å². The van der Waals surface area contributed by atoms with Crippen LogP contribution in [0.5, 0.6) is 0 Å². The van der Waals surface area contributed by atoms with Gasteiger partial charge in [-0.3, -0.25) is 0 Å². The summed E-state index contributed by atoms with van der Waals surface area (Å²) in [5.41, 5.74) is 1.16. The van der Waals surface area contributed by atoms with Crippen LogP contribution in [0.1, 0.15) is 52.1 Å². The van der Waals surface area contributed by atoms with Crippen LogP contribution >= 0.6 is 15.9 Å². The Hall–Kier alpha value is -0.440. The molecule has 0 aliphatic heterocycles. The van der Waals surface area contributed by atoms with Crippen LogP contribution in [-0.4, -0.2) is 9.97 Å². The fraction of sp³-hybridized carbons (Fsp3) is 0.636. The third-order valence-corrected chi connectivity index (χ3v) is 2.40. The third kappa shape index (κ3) is 2.77. The lowest BCUT2D eigenvalue weighted by Crippen LogP contribution is -2.15.